The van der Waals surface area contributed by atoms with Gasteiger partial charge in [0.1, 0.15) is 5.78 Å². The molecule has 3 heteroatoms. The molecule has 0 amide bonds. The Morgan fingerprint density at radius 2 is 1.82 bits per heavy atom. The number of benzene rings is 2. The number of nitrogens with zero attached hydrogens (tertiary/aromatic N) is 1. The summed E-state index contributed by atoms with van der Waals surface area (Å²) in [6, 6.07) is 18.4. The highest BCUT2D eigenvalue weighted by molar-refractivity contribution is 5.80. The first kappa shape index (κ1) is 14.8. The summed E-state index contributed by atoms with van der Waals surface area (Å²) in [5.41, 5.74) is 3.40. The van der Waals surface area contributed by atoms with Crippen LogP contribution < -0.4 is 5.06 Å². The first-order valence-electron chi connectivity index (χ1n) is 7.77. The zero-order valence-corrected chi connectivity index (χ0v) is 13.0. The molecule has 0 radical (unpaired) electrons. The van der Waals surface area contributed by atoms with E-state index in [0.29, 0.717) is 6.61 Å². The van der Waals surface area contributed by atoms with Crippen LogP contribution in [-0.4, -0.2) is 12.4 Å². The SMILES string of the molecule is CCc1ccc(N2OCC(C(C)=O)C2c2ccccc2)cc1. The van der Waals surface area contributed by atoms with E-state index < -0.39 is 0 Å². The number of hydrogen-bond donors (Lipinski definition) is 0. The molecule has 2 aromatic rings. The van der Waals surface area contributed by atoms with Gasteiger partial charge < -0.3 is 0 Å². The number of anilines is 1. The standard InChI is InChI=1S/C19H21NO2/c1-3-15-9-11-17(12-10-15)20-19(16-7-5-4-6-8-16)18(13-22-20)14(2)21/h4-12,18-19H,3,13H2,1-2H3. The highest BCUT2D eigenvalue weighted by Gasteiger charge is 2.39. The molecule has 0 aromatic heterocycles. The molecule has 1 aliphatic rings. The fourth-order valence-corrected chi connectivity index (χ4v) is 2.97. The Morgan fingerprint density at radius 1 is 1.14 bits per heavy atom. The summed E-state index contributed by atoms with van der Waals surface area (Å²) in [7, 11) is 0. The second-order valence-electron chi connectivity index (χ2n) is 5.71. The van der Waals surface area contributed by atoms with E-state index in [0.717, 1.165) is 17.7 Å². The van der Waals surface area contributed by atoms with Gasteiger partial charge in [-0.2, -0.15) is 0 Å². The second kappa shape index (κ2) is 6.32. The van der Waals surface area contributed by atoms with Crippen molar-refractivity contribution < 1.29 is 9.63 Å². The minimum Gasteiger partial charge on any atom is -0.300 e. The molecule has 114 valence electrons. The number of hydroxylamine groups is 1. The van der Waals surface area contributed by atoms with Gasteiger partial charge in [-0.3, -0.25) is 9.63 Å². The topological polar surface area (TPSA) is 29.5 Å². The van der Waals surface area contributed by atoms with Crippen molar-refractivity contribution in [3.63, 3.8) is 0 Å². The van der Waals surface area contributed by atoms with Crippen LogP contribution in [0.5, 0.6) is 0 Å². The van der Waals surface area contributed by atoms with Gasteiger partial charge in [-0.25, -0.2) is 5.06 Å². The molecule has 3 rings (SSSR count). The van der Waals surface area contributed by atoms with E-state index in [1.807, 2.05) is 23.3 Å². The lowest BCUT2D eigenvalue weighted by Crippen LogP contribution is -2.27. The average Bonchev–Trinajstić information content (AvgIpc) is 3.01. The molecular weight excluding hydrogens is 274 g/mol. The van der Waals surface area contributed by atoms with E-state index in [1.54, 1.807) is 6.92 Å². The first-order valence-corrected chi connectivity index (χ1v) is 7.77. The second-order valence-corrected chi connectivity index (χ2v) is 5.71. The van der Waals surface area contributed by atoms with Crippen LogP contribution >= 0.6 is 0 Å². The molecule has 1 aliphatic heterocycles. The summed E-state index contributed by atoms with van der Waals surface area (Å²) < 4.78 is 0. The van der Waals surface area contributed by atoms with Crippen molar-refractivity contribution in [3.05, 3.63) is 65.7 Å². The van der Waals surface area contributed by atoms with Crippen molar-refractivity contribution in [1.82, 2.24) is 0 Å². The van der Waals surface area contributed by atoms with Gasteiger partial charge >= 0.3 is 0 Å². The normalized spacial score (nSPS) is 21.1. The van der Waals surface area contributed by atoms with E-state index in [-0.39, 0.29) is 17.7 Å². The Kier molecular flexibility index (Phi) is 4.25. The van der Waals surface area contributed by atoms with E-state index >= 15 is 0 Å². The predicted molar refractivity (Wildman–Crippen MR) is 87.6 cm³/mol. The van der Waals surface area contributed by atoms with Gasteiger partial charge in [-0.15, -0.1) is 0 Å². The number of aryl methyl sites for hydroxylation is 1. The summed E-state index contributed by atoms with van der Waals surface area (Å²) >= 11 is 0. The maximum Gasteiger partial charge on any atom is 0.137 e. The molecule has 0 N–H and O–H groups in total. The average molecular weight is 295 g/mol. The predicted octanol–water partition coefficient (Wildman–Crippen LogP) is 3.95. The largest absolute Gasteiger partial charge is 0.300 e. The lowest BCUT2D eigenvalue weighted by Gasteiger charge is -2.27. The molecule has 0 saturated carbocycles. The first-order chi connectivity index (χ1) is 10.7. The minimum atomic E-state index is -0.131. The number of ketones is 1. The third-order valence-electron chi connectivity index (χ3n) is 4.29. The number of carbonyl (C=O) groups excluding carboxylic acids is 1. The zero-order chi connectivity index (χ0) is 15.5. The fourth-order valence-electron chi connectivity index (χ4n) is 2.97. The molecule has 0 bridgehead atoms. The van der Waals surface area contributed by atoms with Gasteiger partial charge in [0.25, 0.3) is 0 Å². The minimum absolute atomic E-state index is 0.0637. The van der Waals surface area contributed by atoms with E-state index in [4.69, 9.17) is 4.84 Å². The van der Waals surface area contributed by atoms with E-state index in [9.17, 15) is 4.79 Å². The molecular formula is C19H21NO2. The summed E-state index contributed by atoms with van der Waals surface area (Å²) in [5, 5.41) is 1.89. The Balaban J connectivity index is 1.96. The van der Waals surface area contributed by atoms with E-state index in [1.165, 1.54) is 5.56 Å². The number of Topliss-reactive ketones (excluding diaryl/α,β-unsaturated/α-hetero) is 1. The lowest BCUT2D eigenvalue weighted by atomic mass is 9.91. The molecule has 0 aliphatic carbocycles. The van der Waals surface area contributed by atoms with Crippen LogP contribution in [0.3, 0.4) is 0 Å². The van der Waals surface area contributed by atoms with Crippen LogP contribution in [0.2, 0.25) is 0 Å². The van der Waals surface area contributed by atoms with Crippen molar-refractivity contribution in [2.24, 2.45) is 5.92 Å². The van der Waals surface area contributed by atoms with Gasteiger partial charge in [-0.05, 0) is 36.6 Å². The molecule has 2 aromatic carbocycles. The third-order valence-corrected chi connectivity index (χ3v) is 4.29. The van der Waals surface area contributed by atoms with Crippen LogP contribution in [0.25, 0.3) is 0 Å². The number of carbonyl (C=O) groups is 1. The Hall–Kier alpha value is -2.13. The highest BCUT2D eigenvalue weighted by atomic mass is 16.7. The smallest absolute Gasteiger partial charge is 0.137 e. The zero-order valence-electron chi connectivity index (χ0n) is 13.0. The highest BCUT2D eigenvalue weighted by Crippen LogP contribution is 2.39. The van der Waals surface area contributed by atoms with Gasteiger partial charge in [0.2, 0.25) is 0 Å². The summed E-state index contributed by atoms with van der Waals surface area (Å²) in [6.45, 7) is 4.22. The molecule has 1 heterocycles. The Bertz CT molecular complexity index is 636. The van der Waals surface area contributed by atoms with Gasteiger partial charge in [0.15, 0.2) is 0 Å². The summed E-state index contributed by atoms with van der Waals surface area (Å²) in [6.07, 6.45) is 1.01. The third kappa shape index (κ3) is 2.77. The van der Waals surface area contributed by atoms with Crippen LogP contribution in [0, 0.1) is 5.92 Å². The Labute approximate surface area is 131 Å². The van der Waals surface area contributed by atoms with Crippen molar-refractivity contribution >= 4 is 11.5 Å². The van der Waals surface area contributed by atoms with Crippen LogP contribution in [0.1, 0.15) is 31.0 Å². The van der Waals surface area contributed by atoms with Crippen LogP contribution in [-0.2, 0) is 16.1 Å². The Morgan fingerprint density at radius 3 is 2.41 bits per heavy atom. The molecule has 0 spiro atoms. The van der Waals surface area contributed by atoms with Gasteiger partial charge in [0.05, 0.1) is 24.3 Å². The summed E-state index contributed by atoms with van der Waals surface area (Å²) in [5.74, 6) is 0.0368. The maximum absolute atomic E-state index is 12.0. The molecule has 3 nitrogen and oxygen atoms in total. The van der Waals surface area contributed by atoms with E-state index in [2.05, 4.69) is 43.3 Å². The number of hydrogen-bond acceptors (Lipinski definition) is 3. The van der Waals surface area contributed by atoms with Gasteiger partial charge in [-0.1, -0.05) is 49.4 Å². The molecule has 2 atom stereocenters. The fraction of sp³-hybridized carbons (Fsp3) is 0.316. The molecule has 1 saturated heterocycles. The van der Waals surface area contributed by atoms with Crippen molar-refractivity contribution in [1.29, 1.82) is 0 Å². The van der Waals surface area contributed by atoms with Crippen molar-refractivity contribution in [2.75, 3.05) is 11.7 Å². The summed E-state index contributed by atoms with van der Waals surface area (Å²) in [4.78, 5) is 17.9. The molecule has 2 unspecified atom stereocenters. The number of rotatable bonds is 4. The molecule has 1 fully saturated rings. The van der Waals surface area contributed by atoms with Crippen molar-refractivity contribution in [3.8, 4) is 0 Å². The maximum atomic E-state index is 12.0. The van der Waals surface area contributed by atoms with Crippen LogP contribution in [0.15, 0.2) is 54.6 Å². The quantitative estimate of drug-likeness (QED) is 0.855. The van der Waals surface area contributed by atoms with Crippen LogP contribution in [0.4, 0.5) is 5.69 Å². The van der Waals surface area contributed by atoms with Crippen molar-refractivity contribution in [2.45, 2.75) is 26.3 Å². The van der Waals surface area contributed by atoms with Gasteiger partial charge in [0, 0.05) is 0 Å². The monoisotopic (exact) mass is 295 g/mol. The lowest BCUT2D eigenvalue weighted by molar-refractivity contribution is -0.121. The molecule has 22 heavy (non-hydrogen) atoms.